The standard InChI is InChI=1S/2C27H31F4N3O/c2*1-18(35-16-26(9-11-33(2)12-10-26)20-5-7-22(28)8-6-20)23-13-21(27(29,30)31)14-24-25(23)32-17-34(24)15-19-3-4-19/h2*5-8,13-14,17-19H,3-4,9-12,15-16H2,1-2H3/t2*18-/m10/s1. The molecule has 2 aromatic heterocycles. The zero-order valence-corrected chi connectivity index (χ0v) is 40.2. The molecule has 0 unspecified atom stereocenters. The average molecular weight is 979 g/mol. The van der Waals surface area contributed by atoms with Crippen molar-refractivity contribution in [3.05, 3.63) is 130 Å². The van der Waals surface area contributed by atoms with Crippen molar-refractivity contribution >= 4 is 22.1 Å². The molecule has 0 amide bonds. The smallest absolute Gasteiger partial charge is 0.373 e. The number of nitrogens with zero attached hydrogens (tertiary/aromatic N) is 6. The van der Waals surface area contributed by atoms with E-state index in [0.717, 1.165) is 88.7 Å². The SMILES string of the molecule is C[C@@H](OCC1(c2ccc(F)cc2)CCN(C)CC1)c1cc(C(F)(F)F)cc2c1ncn2CC1CC1.C[C@H](OCC1(c2ccc(F)cc2)CCN(C)CC1)c1cc(C(F)(F)F)cc2c1ncn2CC1CC1. The molecule has 0 spiro atoms. The van der Waals surface area contributed by atoms with Crippen molar-refractivity contribution in [3.8, 4) is 0 Å². The monoisotopic (exact) mass is 978 g/mol. The van der Waals surface area contributed by atoms with Gasteiger partial charge in [0.15, 0.2) is 0 Å². The van der Waals surface area contributed by atoms with Gasteiger partial charge in [0.1, 0.15) is 11.6 Å². The van der Waals surface area contributed by atoms with Crippen LogP contribution in [0.5, 0.6) is 0 Å². The Balaban J connectivity index is 0.000000174. The minimum absolute atomic E-state index is 0.292. The van der Waals surface area contributed by atoms with Crippen LogP contribution in [-0.4, -0.2) is 82.4 Å². The highest BCUT2D eigenvalue weighted by atomic mass is 19.4. The molecule has 4 aliphatic rings. The van der Waals surface area contributed by atoms with Gasteiger partial charge in [-0.3, -0.25) is 0 Å². The lowest BCUT2D eigenvalue weighted by Gasteiger charge is -2.41. The van der Waals surface area contributed by atoms with Crippen LogP contribution >= 0.6 is 0 Å². The summed E-state index contributed by atoms with van der Waals surface area (Å²) in [6, 6.07) is 17.8. The van der Waals surface area contributed by atoms with E-state index < -0.39 is 35.7 Å². The zero-order valence-electron chi connectivity index (χ0n) is 40.2. The van der Waals surface area contributed by atoms with Crippen LogP contribution in [0, 0.1) is 23.5 Å². The number of aromatic nitrogens is 4. The van der Waals surface area contributed by atoms with Crippen molar-refractivity contribution < 1.29 is 44.6 Å². The number of fused-ring (bicyclic) bond motifs is 2. The maximum atomic E-state index is 13.8. The lowest BCUT2D eigenvalue weighted by Crippen LogP contribution is -2.44. The molecule has 2 saturated carbocycles. The first-order chi connectivity index (χ1) is 33.3. The summed E-state index contributed by atoms with van der Waals surface area (Å²) < 4.78 is 126. The molecule has 0 radical (unpaired) electrons. The van der Waals surface area contributed by atoms with Gasteiger partial charge in [0.25, 0.3) is 0 Å². The van der Waals surface area contributed by atoms with Crippen molar-refractivity contribution in [2.45, 2.75) is 114 Å². The average Bonchev–Trinajstić information content (AvgIpc) is 4.26. The number of halogens is 8. The summed E-state index contributed by atoms with van der Waals surface area (Å²) >= 11 is 0. The first-order valence-electron chi connectivity index (χ1n) is 24.5. The molecule has 70 heavy (non-hydrogen) atoms. The summed E-state index contributed by atoms with van der Waals surface area (Å²) in [6.07, 6.45) is 0.946. The number of alkyl halides is 6. The second-order valence-electron chi connectivity index (χ2n) is 20.6. The van der Waals surface area contributed by atoms with Crippen molar-refractivity contribution in [3.63, 3.8) is 0 Å². The Morgan fingerprint density at radius 3 is 1.21 bits per heavy atom. The summed E-state index contributed by atoms with van der Waals surface area (Å²) in [5.41, 5.74) is 3.04. The number of rotatable bonds is 14. The van der Waals surface area contributed by atoms with E-state index >= 15 is 0 Å². The molecule has 4 heterocycles. The van der Waals surface area contributed by atoms with E-state index in [2.05, 4.69) is 33.9 Å². The molecule has 2 aliphatic carbocycles. The van der Waals surface area contributed by atoms with Crippen molar-refractivity contribution in [2.24, 2.45) is 11.8 Å². The summed E-state index contributed by atoms with van der Waals surface area (Å²) in [7, 11) is 4.13. The van der Waals surface area contributed by atoms with Crippen LogP contribution < -0.4 is 0 Å². The number of imidazole rings is 2. The van der Waals surface area contributed by atoms with E-state index in [0.29, 0.717) is 71.3 Å². The highest BCUT2D eigenvalue weighted by Gasteiger charge is 2.40. The molecular weight excluding hydrogens is 917 g/mol. The number of hydrogen-bond donors (Lipinski definition) is 0. The van der Waals surface area contributed by atoms with Gasteiger partial charge in [0.2, 0.25) is 0 Å². The van der Waals surface area contributed by atoms with Gasteiger partial charge in [-0.2, -0.15) is 26.3 Å². The van der Waals surface area contributed by atoms with Crippen LogP contribution in [0.1, 0.15) is 111 Å². The van der Waals surface area contributed by atoms with E-state index in [9.17, 15) is 35.1 Å². The third-order valence-electron chi connectivity index (χ3n) is 15.4. The topological polar surface area (TPSA) is 60.6 Å². The van der Waals surface area contributed by atoms with Gasteiger partial charge in [-0.1, -0.05) is 24.3 Å². The molecule has 4 fully saturated rings. The fourth-order valence-electron chi connectivity index (χ4n) is 10.3. The summed E-state index contributed by atoms with van der Waals surface area (Å²) in [5, 5.41) is 0. The minimum Gasteiger partial charge on any atom is -0.373 e. The van der Waals surface area contributed by atoms with Gasteiger partial charge in [0, 0.05) is 35.0 Å². The maximum absolute atomic E-state index is 13.8. The van der Waals surface area contributed by atoms with E-state index in [1.54, 1.807) is 50.8 Å². The van der Waals surface area contributed by atoms with E-state index in [-0.39, 0.29) is 22.5 Å². The van der Waals surface area contributed by atoms with Crippen molar-refractivity contribution in [1.29, 1.82) is 0 Å². The second-order valence-corrected chi connectivity index (χ2v) is 20.6. The molecule has 8 nitrogen and oxygen atoms in total. The molecule has 6 aromatic rings. The predicted molar refractivity (Wildman–Crippen MR) is 253 cm³/mol. The summed E-state index contributed by atoms with van der Waals surface area (Å²) in [6.45, 7) is 9.12. The lowest BCUT2D eigenvalue weighted by atomic mass is 9.73. The number of benzene rings is 4. The highest BCUT2D eigenvalue weighted by molar-refractivity contribution is 5.81. The van der Waals surface area contributed by atoms with Crippen LogP contribution in [0.25, 0.3) is 22.1 Å². The number of hydrogen-bond acceptors (Lipinski definition) is 6. The molecule has 0 bridgehead atoms. The van der Waals surface area contributed by atoms with Gasteiger partial charge in [0.05, 0.1) is 71.3 Å². The first kappa shape index (κ1) is 50.1. The van der Waals surface area contributed by atoms with Gasteiger partial charge < -0.3 is 28.4 Å². The molecule has 376 valence electrons. The molecular formula is C54H62F8N6O2. The van der Waals surface area contributed by atoms with E-state index in [1.807, 2.05) is 9.13 Å². The fraction of sp³-hybridized carbons (Fsp3) is 0.519. The molecule has 2 atom stereocenters. The summed E-state index contributed by atoms with van der Waals surface area (Å²) in [4.78, 5) is 13.5. The number of piperidine rings is 2. The number of ether oxygens (including phenoxy) is 2. The Morgan fingerprint density at radius 1 is 0.557 bits per heavy atom. The first-order valence-corrected chi connectivity index (χ1v) is 24.5. The van der Waals surface area contributed by atoms with Crippen LogP contribution in [0.2, 0.25) is 0 Å². The van der Waals surface area contributed by atoms with E-state index in [1.165, 1.54) is 48.5 Å². The predicted octanol–water partition coefficient (Wildman–Crippen LogP) is 12.7. The molecule has 10 rings (SSSR count). The quantitative estimate of drug-likeness (QED) is 0.101. The third-order valence-corrected chi connectivity index (χ3v) is 15.4. The lowest BCUT2D eigenvalue weighted by molar-refractivity contribution is -0.138. The zero-order chi connectivity index (χ0) is 49.6. The molecule has 2 saturated heterocycles. The van der Waals surface area contributed by atoms with Crippen LogP contribution in [-0.2, 0) is 45.7 Å². The molecule has 2 aliphatic heterocycles. The summed E-state index contributed by atoms with van der Waals surface area (Å²) in [5.74, 6) is 0.441. The fourth-order valence-corrected chi connectivity index (χ4v) is 10.3. The Labute approximate surface area is 404 Å². The second kappa shape index (κ2) is 20.0. The molecule has 4 aromatic carbocycles. The van der Waals surface area contributed by atoms with Crippen molar-refractivity contribution in [2.75, 3.05) is 53.5 Å². The van der Waals surface area contributed by atoms with Crippen molar-refractivity contribution in [1.82, 2.24) is 28.9 Å². The van der Waals surface area contributed by atoms with Crippen LogP contribution in [0.15, 0.2) is 85.5 Å². The largest absolute Gasteiger partial charge is 0.416 e. The van der Waals surface area contributed by atoms with Gasteiger partial charge in [-0.15, -0.1) is 0 Å². The molecule has 16 heteroatoms. The number of likely N-dealkylation sites (tertiary alicyclic amines) is 2. The molecule has 0 N–H and O–H groups in total. The third kappa shape index (κ3) is 11.2. The highest BCUT2D eigenvalue weighted by Crippen LogP contribution is 2.43. The van der Waals surface area contributed by atoms with E-state index in [4.69, 9.17) is 9.47 Å². The van der Waals surface area contributed by atoms with Crippen LogP contribution in [0.3, 0.4) is 0 Å². The van der Waals surface area contributed by atoms with Gasteiger partial charge in [-0.05, 0) is 177 Å². The van der Waals surface area contributed by atoms with Crippen LogP contribution in [0.4, 0.5) is 35.1 Å². The normalized spacial score (nSPS) is 19.8. The minimum atomic E-state index is -4.46. The van der Waals surface area contributed by atoms with Gasteiger partial charge in [-0.25, -0.2) is 18.7 Å². The Kier molecular flexibility index (Phi) is 14.3. The Hall–Kier alpha value is -4.90. The van der Waals surface area contributed by atoms with Gasteiger partial charge >= 0.3 is 12.4 Å². The maximum Gasteiger partial charge on any atom is 0.416 e. The Bertz CT molecular complexity index is 2540. The Morgan fingerprint density at radius 2 is 0.900 bits per heavy atom.